The predicted molar refractivity (Wildman–Crippen MR) is 70.2 cm³/mol. The molecule has 1 amide bonds. The van der Waals surface area contributed by atoms with Crippen LogP contribution >= 0.6 is 11.6 Å². The Morgan fingerprint density at radius 3 is 2.61 bits per heavy atom. The number of nitrogens with one attached hydrogen (secondary N) is 1. The van der Waals surface area contributed by atoms with Crippen molar-refractivity contribution in [1.82, 2.24) is 0 Å². The third-order valence-corrected chi connectivity index (χ3v) is 2.72. The van der Waals surface area contributed by atoms with Gasteiger partial charge in [0, 0.05) is 12.3 Å². The van der Waals surface area contributed by atoms with E-state index in [1.54, 1.807) is 25.1 Å². The summed E-state index contributed by atoms with van der Waals surface area (Å²) in [5.41, 5.74) is 0.941. The average Bonchev–Trinajstić information content (AvgIpc) is 2.68. The smallest absolute Gasteiger partial charge is 0.242 e. The van der Waals surface area contributed by atoms with E-state index in [-0.39, 0.29) is 17.5 Å². The van der Waals surface area contributed by atoms with Gasteiger partial charge < -0.3 is 9.73 Å². The Kier molecular flexibility index (Phi) is 3.39. The summed E-state index contributed by atoms with van der Waals surface area (Å²) < 4.78 is 5.43. The number of benzene rings is 1. The highest BCUT2D eigenvalue weighted by molar-refractivity contribution is 6.32. The molecule has 1 unspecified atom stereocenters. The summed E-state index contributed by atoms with van der Waals surface area (Å²) in [6.45, 7) is 2.95. The number of rotatable bonds is 3. The van der Waals surface area contributed by atoms with Crippen LogP contribution in [0.4, 0.5) is 5.69 Å². The van der Waals surface area contributed by atoms with Crippen molar-refractivity contribution in [3.8, 4) is 0 Å². The molecule has 0 spiro atoms. The molecule has 1 heterocycles. The number of hydrogen-bond acceptors (Lipinski definition) is 3. The first-order valence-electron chi connectivity index (χ1n) is 5.48. The minimum absolute atomic E-state index is 0.141. The minimum atomic E-state index is -0.682. The van der Waals surface area contributed by atoms with E-state index in [1.165, 1.54) is 6.92 Å². The van der Waals surface area contributed by atoms with Crippen LogP contribution in [0.5, 0.6) is 0 Å². The van der Waals surface area contributed by atoms with Crippen LogP contribution in [0, 0.1) is 0 Å². The van der Waals surface area contributed by atoms with Gasteiger partial charge in [0.25, 0.3) is 0 Å². The molecule has 0 saturated carbocycles. The van der Waals surface area contributed by atoms with Crippen LogP contribution in [0.25, 0.3) is 11.0 Å². The number of ketones is 1. The topological polar surface area (TPSA) is 59.3 Å². The van der Waals surface area contributed by atoms with Crippen LogP contribution in [0.2, 0.25) is 0 Å². The van der Waals surface area contributed by atoms with Crippen molar-refractivity contribution >= 4 is 39.9 Å². The molecule has 1 N–H and O–H groups in total. The monoisotopic (exact) mass is 265 g/mol. The summed E-state index contributed by atoms with van der Waals surface area (Å²) in [5.74, 6) is -0.476. The number of alkyl halides is 1. The molecule has 0 aliphatic heterocycles. The number of Topliss-reactive ketones (excluding diaryl/α,β-unsaturated/α-hetero) is 1. The van der Waals surface area contributed by atoms with Crippen LogP contribution in [0.15, 0.2) is 28.7 Å². The number of amides is 1. The van der Waals surface area contributed by atoms with E-state index in [0.717, 1.165) is 0 Å². The summed E-state index contributed by atoms with van der Waals surface area (Å²) in [6, 6.07) is 7.12. The molecule has 94 valence electrons. The molecule has 2 rings (SSSR count). The second-order valence-corrected chi connectivity index (χ2v) is 4.62. The van der Waals surface area contributed by atoms with Crippen molar-refractivity contribution in [2.24, 2.45) is 0 Å². The number of carbonyl (C=O) groups excluding carboxylic acids is 2. The maximum absolute atomic E-state index is 11.6. The first-order valence-corrected chi connectivity index (χ1v) is 5.91. The lowest BCUT2D eigenvalue weighted by Gasteiger charge is -2.05. The largest absolute Gasteiger partial charge is 0.451 e. The van der Waals surface area contributed by atoms with E-state index in [9.17, 15) is 9.59 Å². The summed E-state index contributed by atoms with van der Waals surface area (Å²) in [7, 11) is 0. The van der Waals surface area contributed by atoms with Crippen molar-refractivity contribution < 1.29 is 14.0 Å². The number of halogens is 1. The molecule has 0 fully saturated rings. The summed E-state index contributed by atoms with van der Waals surface area (Å²) >= 11 is 5.70. The molecule has 0 saturated heterocycles. The highest BCUT2D eigenvalue weighted by Gasteiger charge is 2.20. The Bertz CT molecular complexity index is 616. The van der Waals surface area contributed by atoms with Gasteiger partial charge in [-0.05, 0) is 19.1 Å². The van der Waals surface area contributed by atoms with Gasteiger partial charge in [-0.1, -0.05) is 12.1 Å². The lowest BCUT2D eigenvalue weighted by molar-refractivity contribution is -0.115. The van der Waals surface area contributed by atoms with Gasteiger partial charge in [0.15, 0.2) is 11.5 Å². The lowest BCUT2D eigenvalue weighted by Crippen LogP contribution is -2.21. The van der Waals surface area contributed by atoms with Gasteiger partial charge in [-0.2, -0.15) is 0 Å². The van der Waals surface area contributed by atoms with Crippen LogP contribution in [-0.4, -0.2) is 17.1 Å². The Balaban J connectivity index is 2.55. The van der Waals surface area contributed by atoms with E-state index in [4.69, 9.17) is 16.0 Å². The fourth-order valence-corrected chi connectivity index (χ4v) is 1.69. The van der Waals surface area contributed by atoms with Gasteiger partial charge in [-0.3, -0.25) is 9.59 Å². The molecule has 5 heteroatoms. The molecule has 4 nitrogen and oxygen atoms in total. The molecule has 18 heavy (non-hydrogen) atoms. The van der Waals surface area contributed by atoms with Crippen molar-refractivity contribution in [3.63, 3.8) is 0 Å². The van der Waals surface area contributed by atoms with Crippen LogP contribution in [0.3, 0.4) is 0 Å². The Morgan fingerprint density at radius 2 is 2.00 bits per heavy atom. The lowest BCUT2D eigenvalue weighted by atomic mass is 10.2. The number of fused-ring (bicyclic) bond motifs is 1. The highest BCUT2D eigenvalue weighted by Crippen LogP contribution is 2.31. The number of anilines is 1. The maximum Gasteiger partial charge on any atom is 0.242 e. The van der Waals surface area contributed by atoms with Crippen molar-refractivity contribution in [2.75, 3.05) is 5.32 Å². The molecular formula is C13H12ClNO3. The zero-order chi connectivity index (χ0) is 13.3. The van der Waals surface area contributed by atoms with Crippen LogP contribution in [-0.2, 0) is 4.79 Å². The summed E-state index contributed by atoms with van der Waals surface area (Å²) in [5, 5.41) is 2.64. The maximum atomic E-state index is 11.6. The van der Waals surface area contributed by atoms with Crippen LogP contribution in [0.1, 0.15) is 24.4 Å². The van der Waals surface area contributed by atoms with E-state index < -0.39 is 5.38 Å². The van der Waals surface area contributed by atoms with Gasteiger partial charge in [0.05, 0.1) is 5.69 Å². The van der Waals surface area contributed by atoms with Gasteiger partial charge in [0.1, 0.15) is 11.0 Å². The molecule has 1 aromatic carbocycles. The van der Waals surface area contributed by atoms with Crippen molar-refractivity contribution in [3.05, 3.63) is 30.0 Å². The SMILES string of the molecule is CC(=O)c1oc2ccccc2c1NC(=O)C(C)Cl. The molecular weight excluding hydrogens is 254 g/mol. The molecule has 0 radical (unpaired) electrons. The van der Waals surface area contributed by atoms with Gasteiger partial charge in [0.2, 0.25) is 5.91 Å². The molecule has 1 atom stereocenters. The zero-order valence-corrected chi connectivity index (χ0v) is 10.7. The van der Waals surface area contributed by atoms with E-state index in [2.05, 4.69) is 5.32 Å². The highest BCUT2D eigenvalue weighted by atomic mass is 35.5. The number of carbonyl (C=O) groups is 2. The summed E-state index contributed by atoms with van der Waals surface area (Å²) in [4.78, 5) is 23.1. The molecule has 0 aliphatic rings. The zero-order valence-electron chi connectivity index (χ0n) is 9.99. The fraction of sp³-hybridized carbons (Fsp3) is 0.231. The Morgan fingerprint density at radius 1 is 1.33 bits per heavy atom. The third-order valence-electron chi connectivity index (χ3n) is 2.52. The predicted octanol–water partition coefficient (Wildman–Crippen LogP) is 3.20. The second-order valence-electron chi connectivity index (χ2n) is 3.96. The fourth-order valence-electron chi connectivity index (χ4n) is 1.64. The normalized spacial score (nSPS) is 12.4. The van der Waals surface area contributed by atoms with E-state index in [0.29, 0.717) is 16.7 Å². The standard InChI is InChI=1S/C13H12ClNO3/c1-7(14)13(17)15-11-9-5-3-4-6-10(9)18-12(11)8(2)16/h3-7H,1-2H3,(H,15,17). The quantitative estimate of drug-likeness (QED) is 0.685. The van der Waals surface area contributed by atoms with E-state index in [1.807, 2.05) is 6.07 Å². The van der Waals surface area contributed by atoms with Gasteiger partial charge >= 0.3 is 0 Å². The number of furan rings is 1. The number of para-hydroxylation sites is 1. The van der Waals surface area contributed by atoms with Gasteiger partial charge in [-0.25, -0.2) is 0 Å². The van der Waals surface area contributed by atoms with Crippen LogP contribution < -0.4 is 5.32 Å². The van der Waals surface area contributed by atoms with Crippen molar-refractivity contribution in [1.29, 1.82) is 0 Å². The van der Waals surface area contributed by atoms with E-state index >= 15 is 0 Å². The number of hydrogen-bond donors (Lipinski definition) is 1. The molecule has 0 bridgehead atoms. The first kappa shape index (κ1) is 12.6. The van der Waals surface area contributed by atoms with Crippen molar-refractivity contribution in [2.45, 2.75) is 19.2 Å². The van der Waals surface area contributed by atoms with Gasteiger partial charge in [-0.15, -0.1) is 11.6 Å². The average molecular weight is 266 g/mol. The minimum Gasteiger partial charge on any atom is -0.451 e. The molecule has 0 aliphatic carbocycles. The summed E-state index contributed by atoms with van der Waals surface area (Å²) in [6.07, 6.45) is 0. The first-order chi connectivity index (χ1) is 8.50. The Labute approximate surface area is 109 Å². The second kappa shape index (κ2) is 4.82. The molecule has 2 aromatic rings. The third kappa shape index (κ3) is 2.24. The Hall–Kier alpha value is -1.81. The molecule has 1 aromatic heterocycles.